The van der Waals surface area contributed by atoms with E-state index in [1.165, 1.54) is 5.56 Å². The number of rotatable bonds is 4. The summed E-state index contributed by atoms with van der Waals surface area (Å²) >= 11 is 1.67. The first kappa shape index (κ1) is 24.8. The van der Waals surface area contributed by atoms with Gasteiger partial charge in [0.25, 0.3) is 0 Å². The summed E-state index contributed by atoms with van der Waals surface area (Å²) in [6.07, 6.45) is 3.51. The quantitative estimate of drug-likeness (QED) is 0.207. The van der Waals surface area contributed by atoms with E-state index in [-0.39, 0.29) is 0 Å². The minimum Gasteiger partial charge on any atom is -0.276 e. The van der Waals surface area contributed by atoms with Crippen LogP contribution in [0.2, 0.25) is 0 Å². The van der Waals surface area contributed by atoms with Crippen molar-refractivity contribution in [3.63, 3.8) is 0 Å². The van der Waals surface area contributed by atoms with Crippen LogP contribution in [0.25, 0.3) is 82.0 Å². The number of benzene rings is 5. The molecule has 9 aromatic rings. The average Bonchev–Trinajstić information content (AvgIpc) is 3.65. The standard InChI is InChI=1S/C37H22N6S/c1-3-9-23(10-4-1)24-15-17-26(18-16-24)35-40-34(25-11-5-2-6-12-25)41-37(42-35)43-31-14-8-7-13-27(31)28-19-20-29-30-21-38-22-39-36(30)44-33(29)32(28)43/h1-22H. The SMILES string of the molecule is c1ccc(-c2ccc(-c3nc(-c4ccccc4)nc(-n4c5ccccc5c5ccc6c7cncnc7sc6c54)n3)cc2)cc1. The number of hydrogen-bond donors (Lipinski definition) is 0. The van der Waals surface area contributed by atoms with Gasteiger partial charge in [-0.2, -0.15) is 9.97 Å². The van der Waals surface area contributed by atoms with Crippen molar-refractivity contribution in [3.05, 3.63) is 134 Å². The monoisotopic (exact) mass is 582 g/mol. The third-order valence-electron chi connectivity index (χ3n) is 8.06. The molecule has 4 aromatic heterocycles. The van der Waals surface area contributed by atoms with Crippen LogP contribution < -0.4 is 0 Å². The zero-order valence-corrected chi connectivity index (χ0v) is 24.1. The Morgan fingerprint density at radius 3 is 1.89 bits per heavy atom. The number of aromatic nitrogens is 6. The highest BCUT2D eigenvalue weighted by molar-refractivity contribution is 7.26. The lowest BCUT2D eigenvalue weighted by Crippen LogP contribution is -2.06. The fourth-order valence-electron chi connectivity index (χ4n) is 5.98. The molecule has 0 aliphatic heterocycles. The molecule has 9 rings (SSSR count). The van der Waals surface area contributed by atoms with Crippen LogP contribution in [0.3, 0.4) is 0 Å². The molecule has 0 bridgehead atoms. The Morgan fingerprint density at radius 1 is 0.500 bits per heavy atom. The Balaban J connectivity index is 1.33. The highest BCUT2D eigenvalue weighted by Gasteiger charge is 2.21. The average molecular weight is 583 g/mol. The van der Waals surface area contributed by atoms with Crippen molar-refractivity contribution in [3.8, 4) is 39.9 Å². The van der Waals surface area contributed by atoms with Crippen LogP contribution in [-0.4, -0.2) is 29.5 Å². The molecule has 4 heterocycles. The molecule has 0 saturated heterocycles. The molecular formula is C37H22N6S. The van der Waals surface area contributed by atoms with Crippen molar-refractivity contribution >= 4 is 53.4 Å². The van der Waals surface area contributed by atoms with Gasteiger partial charge in [-0.05, 0) is 17.2 Å². The molecule has 206 valence electrons. The second kappa shape index (κ2) is 9.90. The third kappa shape index (κ3) is 3.91. The van der Waals surface area contributed by atoms with Gasteiger partial charge in [-0.25, -0.2) is 15.0 Å². The third-order valence-corrected chi connectivity index (χ3v) is 9.20. The fourth-order valence-corrected chi connectivity index (χ4v) is 7.14. The van der Waals surface area contributed by atoms with Gasteiger partial charge in [0.15, 0.2) is 11.6 Å². The summed E-state index contributed by atoms with van der Waals surface area (Å²) in [6, 6.07) is 41.7. The molecule has 0 radical (unpaired) electrons. The molecule has 0 unspecified atom stereocenters. The van der Waals surface area contributed by atoms with E-state index in [1.807, 2.05) is 42.6 Å². The molecule has 0 aliphatic carbocycles. The maximum Gasteiger partial charge on any atom is 0.238 e. The van der Waals surface area contributed by atoms with E-state index in [2.05, 4.69) is 99.5 Å². The maximum atomic E-state index is 5.15. The van der Waals surface area contributed by atoms with Gasteiger partial charge in [0, 0.05) is 38.9 Å². The summed E-state index contributed by atoms with van der Waals surface area (Å²) < 4.78 is 3.32. The van der Waals surface area contributed by atoms with Crippen molar-refractivity contribution < 1.29 is 0 Å². The van der Waals surface area contributed by atoms with Gasteiger partial charge in [-0.15, -0.1) is 11.3 Å². The highest BCUT2D eigenvalue weighted by atomic mass is 32.1. The lowest BCUT2D eigenvalue weighted by molar-refractivity contribution is 0.955. The molecule has 0 amide bonds. The predicted molar refractivity (Wildman–Crippen MR) is 179 cm³/mol. The normalized spacial score (nSPS) is 11.6. The van der Waals surface area contributed by atoms with E-state index >= 15 is 0 Å². The van der Waals surface area contributed by atoms with Gasteiger partial charge in [-0.1, -0.05) is 115 Å². The van der Waals surface area contributed by atoms with Crippen LogP contribution in [0.4, 0.5) is 0 Å². The van der Waals surface area contributed by atoms with Crippen LogP contribution in [0.1, 0.15) is 0 Å². The first-order valence-electron chi connectivity index (χ1n) is 14.3. The summed E-state index contributed by atoms with van der Waals surface area (Å²) in [7, 11) is 0. The zero-order valence-electron chi connectivity index (χ0n) is 23.3. The topological polar surface area (TPSA) is 69.4 Å². The number of hydrogen-bond acceptors (Lipinski definition) is 6. The van der Waals surface area contributed by atoms with Crippen molar-refractivity contribution in [1.82, 2.24) is 29.5 Å². The van der Waals surface area contributed by atoms with Gasteiger partial charge in [0.05, 0.1) is 15.7 Å². The van der Waals surface area contributed by atoms with Gasteiger partial charge in [0.1, 0.15) is 11.2 Å². The van der Waals surface area contributed by atoms with E-state index in [9.17, 15) is 0 Å². The Bertz CT molecular complexity index is 2480. The van der Waals surface area contributed by atoms with Crippen molar-refractivity contribution in [2.75, 3.05) is 0 Å². The second-order valence-corrected chi connectivity index (χ2v) is 11.6. The molecule has 7 heteroatoms. The molecule has 44 heavy (non-hydrogen) atoms. The Hall–Kier alpha value is -5.79. The van der Waals surface area contributed by atoms with Gasteiger partial charge in [0.2, 0.25) is 5.95 Å². The van der Waals surface area contributed by atoms with Gasteiger partial charge >= 0.3 is 0 Å². The Kier molecular flexibility index (Phi) is 5.57. The minimum absolute atomic E-state index is 0.572. The summed E-state index contributed by atoms with van der Waals surface area (Å²) in [6.45, 7) is 0. The lowest BCUT2D eigenvalue weighted by Gasteiger charge is -2.11. The highest BCUT2D eigenvalue weighted by Crippen LogP contribution is 2.42. The summed E-state index contributed by atoms with van der Waals surface area (Å²) in [5.41, 5.74) is 6.26. The van der Waals surface area contributed by atoms with E-state index in [0.29, 0.717) is 17.6 Å². The second-order valence-electron chi connectivity index (χ2n) is 10.6. The lowest BCUT2D eigenvalue weighted by atomic mass is 10.0. The molecule has 0 atom stereocenters. The molecule has 0 N–H and O–H groups in total. The van der Waals surface area contributed by atoms with Crippen molar-refractivity contribution in [2.45, 2.75) is 0 Å². The van der Waals surface area contributed by atoms with E-state index in [1.54, 1.807) is 17.7 Å². The largest absolute Gasteiger partial charge is 0.276 e. The summed E-state index contributed by atoms with van der Waals surface area (Å²) in [5, 5.41) is 4.45. The first-order chi connectivity index (χ1) is 21.8. The molecule has 0 fully saturated rings. The zero-order chi connectivity index (χ0) is 29.0. The molecule has 5 aromatic carbocycles. The van der Waals surface area contributed by atoms with Gasteiger partial charge < -0.3 is 0 Å². The Labute approximate surface area is 256 Å². The number of para-hydroxylation sites is 1. The summed E-state index contributed by atoms with van der Waals surface area (Å²) in [5.74, 6) is 1.81. The predicted octanol–water partition coefficient (Wildman–Crippen LogP) is 9.13. The Morgan fingerprint density at radius 2 is 1.11 bits per heavy atom. The van der Waals surface area contributed by atoms with Crippen LogP contribution in [0.15, 0.2) is 134 Å². The van der Waals surface area contributed by atoms with Gasteiger partial charge in [-0.3, -0.25) is 4.57 Å². The number of nitrogens with zero attached hydrogens (tertiary/aromatic N) is 6. The molecule has 6 nitrogen and oxygen atoms in total. The molecular weight excluding hydrogens is 561 g/mol. The fraction of sp³-hybridized carbons (Fsp3) is 0. The maximum absolute atomic E-state index is 5.15. The molecule has 0 saturated carbocycles. The van der Waals surface area contributed by atoms with Crippen molar-refractivity contribution in [1.29, 1.82) is 0 Å². The van der Waals surface area contributed by atoms with Crippen LogP contribution >= 0.6 is 11.3 Å². The summed E-state index contributed by atoms with van der Waals surface area (Å²) in [4.78, 5) is 25.1. The number of fused-ring (bicyclic) bond motifs is 7. The first-order valence-corrected chi connectivity index (χ1v) is 15.2. The minimum atomic E-state index is 0.572. The van der Waals surface area contributed by atoms with E-state index in [0.717, 1.165) is 58.8 Å². The van der Waals surface area contributed by atoms with Crippen LogP contribution in [-0.2, 0) is 0 Å². The van der Waals surface area contributed by atoms with Crippen LogP contribution in [0, 0.1) is 0 Å². The van der Waals surface area contributed by atoms with E-state index < -0.39 is 0 Å². The smallest absolute Gasteiger partial charge is 0.238 e. The molecule has 0 aliphatic rings. The van der Waals surface area contributed by atoms with E-state index in [4.69, 9.17) is 15.0 Å². The number of thiophene rings is 1. The molecule has 0 spiro atoms. The van der Waals surface area contributed by atoms with Crippen LogP contribution in [0.5, 0.6) is 0 Å². The van der Waals surface area contributed by atoms with Crippen molar-refractivity contribution in [2.24, 2.45) is 0 Å².